The van der Waals surface area contributed by atoms with E-state index in [2.05, 4.69) is 5.32 Å². The van der Waals surface area contributed by atoms with Crippen LogP contribution in [-0.2, 0) is 16.1 Å². The van der Waals surface area contributed by atoms with Gasteiger partial charge in [0.2, 0.25) is 5.91 Å². The van der Waals surface area contributed by atoms with Crippen LogP contribution in [-0.4, -0.2) is 34.8 Å². The molecule has 0 spiro atoms. The molecule has 0 aromatic heterocycles. The van der Waals surface area contributed by atoms with Gasteiger partial charge in [-0.2, -0.15) is 0 Å². The zero-order valence-electron chi connectivity index (χ0n) is 14.6. The van der Waals surface area contributed by atoms with Crippen LogP contribution in [0.4, 0.5) is 11.4 Å². The van der Waals surface area contributed by atoms with Crippen molar-refractivity contribution in [1.29, 1.82) is 0 Å². The van der Waals surface area contributed by atoms with E-state index in [9.17, 15) is 19.7 Å². The molecule has 2 amide bonds. The number of carbonyl (C=O) groups is 2. The molecule has 2 aromatic rings. The Hall–Kier alpha value is -3.42. The van der Waals surface area contributed by atoms with Gasteiger partial charge >= 0.3 is 0 Å². The average molecular weight is 369 g/mol. The number of hydrogen-bond donors (Lipinski definition) is 1. The molecule has 8 heteroatoms. The first-order chi connectivity index (χ1) is 13.0. The number of amides is 2. The zero-order chi connectivity index (χ0) is 19.2. The molecule has 0 radical (unpaired) electrons. The van der Waals surface area contributed by atoms with Crippen LogP contribution in [0.3, 0.4) is 0 Å². The number of benzene rings is 2. The molecule has 0 bridgehead atoms. The van der Waals surface area contributed by atoms with Gasteiger partial charge in [-0.3, -0.25) is 19.7 Å². The van der Waals surface area contributed by atoms with Gasteiger partial charge in [0.05, 0.1) is 11.0 Å². The van der Waals surface area contributed by atoms with Gasteiger partial charge in [-0.15, -0.1) is 0 Å². The van der Waals surface area contributed by atoms with Crippen molar-refractivity contribution in [2.24, 2.45) is 0 Å². The highest BCUT2D eigenvalue weighted by molar-refractivity contribution is 5.92. The summed E-state index contributed by atoms with van der Waals surface area (Å²) in [6.45, 7) is 1.01. The predicted octanol–water partition coefficient (Wildman–Crippen LogP) is 2.73. The second kappa shape index (κ2) is 8.31. The molecule has 1 heterocycles. The molecule has 1 aliphatic heterocycles. The quantitative estimate of drug-likeness (QED) is 0.597. The molecular weight excluding hydrogens is 350 g/mol. The number of ether oxygens (including phenoxy) is 1. The number of nitrogens with zero attached hydrogens (tertiary/aromatic N) is 2. The Morgan fingerprint density at radius 2 is 2.04 bits per heavy atom. The lowest BCUT2D eigenvalue weighted by atomic mass is 10.2. The summed E-state index contributed by atoms with van der Waals surface area (Å²) >= 11 is 0. The summed E-state index contributed by atoms with van der Waals surface area (Å²) < 4.78 is 5.31. The van der Waals surface area contributed by atoms with Crippen molar-refractivity contribution in [1.82, 2.24) is 4.90 Å². The number of non-ortho nitro benzene ring substituents is 1. The minimum Gasteiger partial charge on any atom is -0.484 e. The SMILES string of the molecule is O=C(COc1cccc([N+](=O)[O-])c1)Nc1cccc(CN2CCCC2=O)c1. The van der Waals surface area contributed by atoms with E-state index in [1.807, 2.05) is 18.2 Å². The summed E-state index contributed by atoms with van der Waals surface area (Å²) in [7, 11) is 0. The number of nitro groups is 1. The number of anilines is 1. The number of nitrogens with one attached hydrogen (secondary N) is 1. The Morgan fingerprint density at radius 3 is 2.78 bits per heavy atom. The molecule has 27 heavy (non-hydrogen) atoms. The predicted molar refractivity (Wildman–Crippen MR) is 98.3 cm³/mol. The standard InChI is InChI=1S/C19H19N3O5/c23-18(13-27-17-7-2-6-16(11-17)22(25)26)20-15-5-1-4-14(10-15)12-21-9-3-8-19(21)24/h1-2,4-7,10-11H,3,8-9,12-13H2,(H,20,23). The van der Waals surface area contributed by atoms with Gasteiger partial charge in [-0.25, -0.2) is 0 Å². The van der Waals surface area contributed by atoms with Crippen molar-refractivity contribution in [2.45, 2.75) is 19.4 Å². The minimum atomic E-state index is -0.524. The molecule has 3 rings (SSSR count). The van der Waals surface area contributed by atoms with Crippen LogP contribution in [0.25, 0.3) is 0 Å². The zero-order valence-corrected chi connectivity index (χ0v) is 14.6. The van der Waals surface area contributed by atoms with Gasteiger partial charge in [0.15, 0.2) is 6.61 Å². The van der Waals surface area contributed by atoms with E-state index in [-0.39, 0.29) is 29.9 Å². The van der Waals surface area contributed by atoms with Crippen molar-refractivity contribution in [3.8, 4) is 5.75 Å². The Morgan fingerprint density at radius 1 is 1.22 bits per heavy atom. The van der Waals surface area contributed by atoms with Crippen molar-refractivity contribution in [2.75, 3.05) is 18.5 Å². The van der Waals surface area contributed by atoms with Crippen molar-refractivity contribution < 1.29 is 19.2 Å². The topological polar surface area (TPSA) is 102 Å². The lowest BCUT2D eigenvalue weighted by molar-refractivity contribution is -0.384. The maximum Gasteiger partial charge on any atom is 0.273 e. The van der Waals surface area contributed by atoms with E-state index >= 15 is 0 Å². The first kappa shape index (κ1) is 18.4. The van der Waals surface area contributed by atoms with Gasteiger partial charge in [0.1, 0.15) is 5.75 Å². The summed E-state index contributed by atoms with van der Waals surface area (Å²) in [5.41, 5.74) is 1.44. The molecule has 140 valence electrons. The second-order valence-corrected chi connectivity index (χ2v) is 6.21. The summed E-state index contributed by atoms with van der Waals surface area (Å²) in [6.07, 6.45) is 1.47. The maximum absolute atomic E-state index is 12.1. The fourth-order valence-corrected chi connectivity index (χ4v) is 2.87. The van der Waals surface area contributed by atoms with Crippen LogP contribution in [0.15, 0.2) is 48.5 Å². The lowest BCUT2D eigenvalue weighted by Gasteiger charge is -2.16. The Bertz CT molecular complexity index is 868. The molecular formula is C19H19N3O5. The van der Waals surface area contributed by atoms with Crippen LogP contribution in [0.2, 0.25) is 0 Å². The molecule has 8 nitrogen and oxygen atoms in total. The van der Waals surface area contributed by atoms with Gasteiger partial charge in [-0.05, 0) is 30.2 Å². The van der Waals surface area contributed by atoms with E-state index in [0.29, 0.717) is 18.7 Å². The maximum atomic E-state index is 12.1. The molecule has 0 saturated carbocycles. The van der Waals surface area contributed by atoms with E-state index in [1.54, 1.807) is 17.0 Å². The molecule has 0 aliphatic carbocycles. The largest absolute Gasteiger partial charge is 0.484 e. The molecule has 1 fully saturated rings. The molecule has 0 atom stereocenters. The van der Waals surface area contributed by atoms with Crippen LogP contribution in [0.5, 0.6) is 5.75 Å². The second-order valence-electron chi connectivity index (χ2n) is 6.21. The van der Waals surface area contributed by atoms with Crippen molar-refractivity contribution in [3.63, 3.8) is 0 Å². The third kappa shape index (κ3) is 5.04. The van der Waals surface area contributed by atoms with Crippen LogP contribution in [0.1, 0.15) is 18.4 Å². The molecule has 1 aliphatic rings. The van der Waals surface area contributed by atoms with Crippen molar-refractivity contribution >= 4 is 23.2 Å². The van der Waals surface area contributed by atoms with Crippen LogP contribution >= 0.6 is 0 Å². The van der Waals surface area contributed by atoms with E-state index in [0.717, 1.165) is 18.5 Å². The number of nitro benzene ring substituents is 1. The van der Waals surface area contributed by atoms with Crippen LogP contribution < -0.4 is 10.1 Å². The first-order valence-corrected chi connectivity index (χ1v) is 8.55. The fourth-order valence-electron chi connectivity index (χ4n) is 2.87. The highest BCUT2D eigenvalue weighted by atomic mass is 16.6. The Labute approximate surface area is 155 Å². The number of rotatable bonds is 7. The Balaban J connectivity index is 1.54. The fraction of sp³-hybridized carbons (Fsp3) is 0.263. The average Bonchev–Trinajstić information content (AvgIpc) is 3.05. The number of carbonyl (C=O) groups excluding carboxylic acids is 2. The highest BCUT2D eigenvalue weighted by Gasteiger charge is 2.20. The molecule has 1 N–H and O–H groups in total. The summed E-state index contributed by atoms with van der Waals surface area (Å²) in [4.78, 5) is 35.8. The van der Waals surface area contributed by atoms with E-state index in [4.69, 9.17) is 4.74 Å². The van der Waals surface area contributed by atoms with Crippen LogP contribution in [0, 0.1) is 10.1 Å². The van der Waals surface area contributed by atoms with Gasteiger partial charge in [0, 0.05) is 31.3 Å². The lowest BCUT2D eigenvalue weighted by Crippen LogP contribution is -2.24. The van der Waals surface area contributed by atoms with E-state index < -0.39 is 4.92 Å². The summed E-state index contributed by atoms with van der Waals surface area (Å²) in [6, 6.07) is 12.9. The third-order valence-corrected chi connectivity index (χ3v) is 4.15. The minimum absolute atomic E-state index is 0.0999. The van der Waals surface area contributed by atoms with Gasteiger partial charge in [0.25, 0.3) is 11.6 Å². The molecule has 1 saturated heterocycles. The van der Waals surface area contributed by atoms with Gasteiger partial charge < -0.3 is 15.0 Å². The normalized spacial score (nSPS) is 13.5. The molecule has 2 aromatic carbocycles. The third-order valence-electron chi connectivity index (χ3n) is 4.15. The molecule has 0 unspecified atom stereocenters. The van der Waals surface area contributed by atoms with Gasteiger partial charge in [-0.1, -0.05) is 18.2 Å². The first-order valence-electron chi connectivity index (χ1n) is 8.55. The van der Waals surface area contributed by atoms with E-state index in [1.165, 1.54) is 18.2 Å². The van der Waals surface area contributed by atoms with Crippen molar-refractivity contribution in [3.05, 3.63) is 64.2 Å². The Kier molecular flexibility index (Phi) is 5.65. The monoisotopic (exact) mass is 369 g/mol. The summed E-state index contributed by atoms with van der Waals surface area (Å²) in [5, 5.41) is 13.5. The number of likely N-dealkylation sites (tertiary alicyclic amines) is 1. The smallest absolute Gasteiger partial charge is 0.273 e. The highest BCUT2D eigenvalue weighted by Crippen LogP contribution is 2.20. The number of hydrogen-bond acceptors (Lipinski definition) is 5. The summed E-state index contributed by atoms with van der Waals surface area (Å²) in [5.74, 6) is 0.0198.